The molecule has 128 valence electrons. The summed E-state index contributed by atoms with van der Waals surface area (Å²) in [4.78, 5) is 4.10. The van der Waals surface area contributed by atoms with Gasteiger partial charge in [-0.05, 0) is 23.8 Å². The molecule has 2 rings (SSSR count). The highest BCUT2D eigenvalue weighted by Gasteiger charge is 2.09. The van der Waals surface area contributed by atoms with Crippen molar-refractivity contribution >= 4 is 17.6 Å². The number of nitrogens with one attached hydrogen (secondary N) is 2. The van der Waals surface area contributed by atoms with Crippen molar-refractivity contribution in [3.05, 3.63) is 64.7 Å². The minimum atomic E-state index is -2.86. The lowest BCUT2D eigenvalue weighted by atomic mass is 10.2. The molecule has 0 unspecified atom stereocenters. The van der Waals surface area contributed by atoms with Gasteiger partial charge < -0.3 is 15.4 Å². The van der Waals surface area contributed by atoms with Gasteiger partial charge in [-0.3, -0.25) is 4.99 Å². The van der Waals surface area contributed by atoms with Gasteiger partial charge in [0.15, 0.2) is 5.96 Å². The summed E-state index contributed by atoms with van der Waals surface area (Å²) in [7, 11) is 1.63. The molecule has 0 aliphatic heterocycles. The van der Waals surface area contributed by atoms with E-state index in [9.17, 15) is 8.78 Å². The summed E-state index contributed by atoms with van der Waals surface area (Å²) in [6.07, 6.45) is 0. The van der Waals surface area contributed by atoms with E-state index in [1.165, 1.54) is 6.07 Å². The number of hydrogen-bond acceptors (Lipinski definition) is 2. The van der Waals surface area contributed by atoms with E-state index in [4.69, 9.17) is 11.6 Å². The molecule has 0 saturated carbocycles. The van der Waals surface area contributed by atoms with Crippen LogP contribution in [-0.4, -0.2) is 19.6 Å². The molecule has 0 saturated heterocycles. The Labute approximate surface area is 144 Å². The van der Waals surface area contributed by atoms with Crippen LogP contribution < -0.4 is 15.4 Å². The first kappa shape index (κ1) is 18.0. The molecule has 0 aromatic heterocycles. The van der Waals surface area contributed by atoms with E-state index < -0.39 is 6.61 Å². The number of halogens is 3. The lowest BCUT2D eigenvalue weighted by Gasteiger charge is -2.14. The second kappa shape index (κ2) is 9.08. The highest BCUT2D eigenvalue weighted by molar-refractivity contribution is 6.30. The number of alkyl halides is 2. The van der Waals surface area contributed by atoms with Crippen LogP contribution in [0.1, 0.15) is 11.1 Å². The zero-order chi connectivity index (χ0) is 17.4. The van der Waals surface area contributed by atoms with Gasteiger partial charge in [-0.1, -0.05) is 41.9 Å². The van der Waals surface area contributed by atoms with Crippen LogP contribution in [0.3, 0.4) is 0 Å². The van der Waals surface area contributed by atoms with Crippen LogP contribution in [0, 0.1) is 0 Å². The summed E-state index contributed by atoms with van der Waals surface area (Å²) >= 11 is 5.95. The number of para-hydroxylation sites is 1. The molecule has 24 heavy (non-hydrogen) atoms. The Kier molecular flexibility index (Phi) is 6.81. The first-order valence-corrected chi connectivity index (χ1v) is 7.68. The van der Waals surface area contributed by atoms with E-state index in [0.717, 1.165) is 5.56 Å². The molecule has 0 aliphatic carbocycles. The predicted molar refractivity (Wildman–Crippen MR) is 91.6 cm³/mol. The first-order chi connectivity index (χ1) is 11.6. The molecule has 0 atom stereocenters. The van der Waals surface area contributed by atoms with E-state index in [1.807, 2.05) is 18.2 Å². The molecule has 0 fully saturated rings. The van der Waals surface area contributed by atoms with Gasteiger partial charge in [-0.15, -0.1) is 0 Å². The van der Waals surface area contributed by atoms with Crippen molar-refractivity contribution in [1.29, 1.82) is 0 Å². The van der Waals surface area contributed by atoms with Crippen molar-refractivity contribution in [2.75, 3.05) is 7.05 Å². The second-order valence-electron chi connectivity index (χ2n) is 4.90. The third-order valence-electron chi connectivity index (χ3n) is 3.21. The molecule has 0 radical (unpaired) electrons. The molecular formula is C17H18ClF2N3O. The van der Waals surface area contributed by atoms with Crippen molar-refractivity contribution in [2.24, 2.45) is 4.99 Å². The largest absolute Gasteiger partial charge is 0.434 e. The van der Waals surface area contributed by atoms with Gasteiger partial charge in [0.25, 0.3) is 0 Å². The van der Waals surface area contributed by atoms with Crippen molar-refractivity contribution in [1.82, 2.24) is 10.6 Å². The Hall–Kier alpha value is -2.34. The molecule has 0 heterocycles. The number of benzene rings is 2. The van der Waals surface area contributed by atoms with Crippen LogP contribution in [0.4, 0.5) is 8.78 Å². The summed E-state index contributed by atoms with van der Waals surface area (Å²) in [5, 5.41) is 6.86. The second-order valence-corrected chi connectivity index (χ2v) is 5.33. The van der Waals surface area contributed by atoms with Crippen molar-refractivity contribution < 1.29 is 13.5 Å². The van der Waals surface area contributed by atoms with Gasteiger partial charge in [0.1, 0.15) is 5.75 Å². The van der Waals surface area contributed by atoms with Gasteiger partial charge in [-0.25, -0.2) is 0 Å². The molecular weight excluding hydrogens is 336 g/mol. The molecule has 0 bridgehead atoms. The summed E-state index contributed by atoms with van der Waals surface area (Å²) < 4.78 is 29.3. The lowest BCUT2D eigenvalue weighted by Crippen LogP contribution is -2.36. The number of aliphatic imine (C=N–C) groups is 1. The SMILES string of the molecule is CN=C(NCc1cccc(Cl)c1)NCc1ccccc1OC(F)F. The average molecular weight is 354 g/mol. The van der Waals surface area contributed by atoms with E-state index in [1.54, 1.807) is 31.3 Å². The zero-order valence-corrected chi connectivity index (χ0v) is 13.9. The molecule has 4 nitrogen and oxygen atoms in total. The van der Waals surface area contributed by atoms with Gasteiger partial charge in [0.2, 0.25) is 0 Å². The van der Waals surface area contributed by atoms with Crippen LogP contribution in [0.15, 0.2) is 53.5 Å². The minimum absolute atomic E-state index is 0.144. The Morgan fingerprint density at radius 1 is 1.12 bits per heavy atom. The molecule has 2 N–H and O–H groups in total. The topological polar surface area (TPSA) is 45.7 Å². The van der Waals surface area contributed by atoms with E-state index in [0.29, 0.717) is 29.6 Å². The van der Waals surface area contributed by atoms with Crippen LogP contribution >= 0.6 is 11.6 Å². The Morgan fingerprint density at radius 3 is 2.58 bits per heavy atom. The normalized spacial score (nSPS) is 11.5. The summed E-state index contributed by atoms with van der Waals surface area (Å²) in [6, 6.07) is 14.1. The Morgan fingerprint density at radius 2 is 1.88 bits per heavy atom. The number of rotatable bonds is 6. The highest BCUT2D eigenvalue weighted by atomic mass is 35.5. The van der Waals surface area contributed by atoms with Crippen molar-refractivity contribution in [3.8, 4) is 5.75 Å². The fraction of sp³-hybridized carbons (Fsp3) is 0.235. The number of guanidine groups is 1. The molecule has 7 heteroatoms. The third kappa shape index (κ3) is 5.70. The Balaban J connectivity index is 1.92. The van der Waals surface area contributed by atoms with Gasteiger partial charge in [0, 0.05) is 30.7 Å². The van der Waals surface area contributed by atoms with Crippen molar-refractivity contribution in [2.45, 2.75) is 19.7 Å². The first-order valence-electron chi connectivity index (χ1n) is 7.30. The summed E-state index contributed by atoms with van der Waals surface area (Å²) in [5.41, 5.74) is 1.62. The van der Waals surface area contributed by atoms with Gasteiger partial charge in [0.05, 0.1) is 0 Å². The van der Waals surface area contributed by atoms with Crippen LogP contribution in [0.2, 0.25) is 5.02 Å². The quantitative estimate of drug-likeness (QED) is 0.613. The third-order valence-corrected chi connectivity index (χ3v) is 3.44. The average Bonchev–Trinajstić information content (AvgIpc) is 2.56. The lowest BCUT2D eigenvalue weighted by molar-refractivity contribution is -0.0504. The minimum Gasteiger partial charge on any atom is -0.434 e. The monoisotopic (exact) mass is 353 g/mol. The zero-order valence-electron chi connectivity index (χ0n) is 13.1. The smallest absolute Gasteiger partial charge is 0.387 e. The molecule has 2 aromatic carbocycles. The van der Waals surface area contributed by atoms with Gasteiger partial charge in [-0.2, -0.15) is 8.78 Å². The van der Waals surface area contributed by atoms with Crippen molar-refractivity contribution in [3.63, 3.8) is 0 Å². The maximum atomic E-state index is 12.4. The standard InChI is InChI=1S/C17H18ClF2N3O/c1-21-17(22-10-12-5-4-7-14(18)9-12)23-11-13-6-2-3-8-15(13)24-16(19)20/h2-9,16H,10-11H2,1H3,(H2,21,22,23). The van der Waals surface area contributed by atoms with E-state index in [2.05, 4.69) is 20.4 Å². The number of nitrogens with zero attached hydrogens (tertiary/aromatic N) is 1. The van der Waals surface area contributed by atoms with Crippen LogP contribution in [-0.2, 0) is 13.1 Å². The molecule has 2 aromatic rings. The van der Waals surface area contributed by atoms with Crippen LogP contribution in [0.25, 0.3) is 0 Å². The molecule has 0 amide bonds. The fourth-order valence-electron chi connectivity index (χ4n) is 2.09. The van der Waals surface area contributed by atoms with E-state index in [-0.39, 0.29) is 5.75 Å². The molecule has 0 aliphatic rings. The predicted octanol–water partition coefficient (Wildman–Crippen LogP) is 3.81. The fourth-order valence-corrected chi connectivity index (χ4v) is 2.31. The maximum absolute atomic E-state index is 12.4. The Bertz CT molecular complexity index is 695. The number of hydrogen-bond donors (Lipinski definition) is 2. The maximum Gasteiger partial charge on any atom is 0.387 e. The molecule has 0 spiro atoms. The highest BCUT2D eigenvalue weighted by Crippen LogP contribution is 2.19. The summed E-state index contributed by atoms with van der Waals surface area (Å²) in [5.74, 6) is 0.687. The summed E-state index contributed by atoms with van der Waals surface area (Å²) in [6.45, 7) is -2.01. The number of ether oxygens (including phenoxy) is 1. The van der Waals surface area contributed by atoms with Gasteiger partial charge >= 0.3 is 6.61 Å². The van der Waals surface area contributed by atoms with E-state index >= 15 is 0 Å². The van der Waals surface area contributed by atoms with Crippen LogP contribution in [0.5, 0.6) is 5.75 Å².